The molecule has 0 aromatic carbocycles. The summed E-state index contributed by atoms with van der Waals surface area (Å²) < 4.78 is 8.67. The Morgan fingerprint density at radius 1 is 1.75 bits per heavy atom. The van der Waals surface area contributed by atoms with E-state index in [1.54, 1.807) is 0 Å². The Morgan fingerprint density at radius 2 is 1.75 bits per heavy atom. The Hall–Kier alpha value is 1.20. The summed E-state index contributed by atoms with van der Waals surface area (Å²) in [5, 5.41) is 0. The van der Waals surface area contributed by atoms with Crippen molar-refractivity contribution < 1.29 is 23.4 Å². The quantitative estimate of drug-likeness (QED) is 0.178. The van der Waals surface area contributed by atoms with Crippen LogP contribution in [0.25, 0.3) is 0 Å². The van der Waals surface area contributed by atoms with Gasteiger partial charge in [-0.3, -0.25) is 0 Å². The summed E-state index contributed by atoms with van der Waals surface area (Å²) in [6, 6.07) is 0. The van der Waals surface area contributed by atoms with Gasteiger partial charge in [-0.1, -0.05) is 0 Å². The molecule has 0 aliphatic carbocycles. The first-order valence-electron chi connectivity index (χ1n) is 0.352. The van der Waals surface area contributed by atoms with Gasteiger partial charge in [0, 0.05) is 11.3 Å². The summed E-state index contributed by atoms with van der Waals surface area (Å²) in [4.78, 5) is 0. The maximum atomic E-state index is 8.67. The summed E-state index contributed by atoms with van der Waals surface area (Å²) in [7, 11) is 4.42. The van der Waals surface area contributed by atoms with E-state index in [1.807, 2.05) is 0 Å². The molecule has 0 saturated carbocycles. The van der Waals surface area contributed by atoms with Crippen LogP contribution in [0.4, 0.5) is 0 Å². The molecule has 0 aromatic rings. The smallest absolute Gasteiger partial charge is 0.601 e. The molecule has 0 unspecified atom stereocenters. The second-order valence-electron chi connectivity index (χ2n) is 0.0690. The molecule has 0 rings (SSSR count). The monoisotopic (exact) mass is 91.0 g/mol. The van der Waals surface area contributed by atoms with E-state index in [4.69, 9.17) is 4.55 Å². The zero-order chi connectivity index (χ0) is 2.71. The van der Waals surface area contributed by atoms with Crippen molar-refractivity contribution >= 4 is 21.9 Å². The SMILES string of the molecule is [Li+].[O-][SH+]Cl. The molecular formula is HClLiOS+. The zero-order valence-electron chi connectivity index (χ0n) is 2.23. The van der Waals surface area contributed by atoms with E-state index in [-0.39, 0.29) is 30.1 Å². The average Bonchev–Trinajstić information content (AvgIpc) is 0.918. The first-order chi connectivity index (χ1) is 1.41. The summed E-state index contributed by atoms with van der Waals surface area (Å²) in [5.74, 6) is 0. The topological polar surface area (TPSA) is 23.1 Å². The second kappa shape index (κ2) is 8.89. The number of hydrogen-bond donors (Lipinski definition) is 0. The Kier molecular flexibility index (Phi) is 19.9. The van der Waals surface area contributed by atoms with Crippen LogP contribution in [0.3, 0.4) is 0 Å². The summed E-state index contributed by atoms with van der Waals surface area (Å²) >= 11 is -0.361. The van der Waals surface area contributed by atoms with Gasteiger partial charge in [0.1, 0.15) is 0 Å². The van der Waals surface area contributed by atoms with E-state index >= 15 is 0 Å². The fourth-order valence-electron chi connectivity index (χ4n) is 0. The number of halogens is 1. The molecule has 0 aliphatic heterocycles. The Morgan fingerprint density at radius 3 is 1.75 bits per heavy atom. The van der Waals surface area contributed by atoms with Gasteiger partial charge < -0.3 is 4.55 Å². The minimum Gasteiger partial charge on any atom is -0.601 e. The molecule has 1 nitrogen and oxygen atoms in total. The van der Waals surface area contributed by atoms with Gasteiger partial charge in [0.15, 0.2) is 10.7 Å². The van der Waals surface area contributed by atoms with Crippen molar-refractivity contribution in [2.45, 2.75) is 0 Å². The van der Waals surface area contributed by atoms with Crippen LogP contribution in [0, 0.1) is 0 Å². The molecule has 0 atom stereocenters. The van der Waals surface area contributed by atoms with Gasteiger partial charge in [0.25, 0.3) is 0 Å². The minimum atomic E-state index is -0.361. The van der Waals surface area contributed by atoms with Crippen molar-refractivity contribution in [1.82, 2.24) is 0 Å². The largest absolute Gasteiger partial charge is 1.00 e. The fourth-order valence-corrected chi connectivity index (χ4v) is 0. The molecule has 0 heterocycles. The van der Waals surface area contributed by atoms with Crippen LogP contribution in [0.15, 0.2) is 0 Å². The molecule has 0 N–H and O–H groups in total. The standard InChI is InChI=1S/ClHOS.Li/c1-3-2;/h3H;/q;+1. The van der Waals surface area contributed by atoms with E-state index in [2.05, 4.69) is 10.7 Å². The van der Waals surface area contributed by atoms with E-state index in [9.17, 15) is 0 Å². The van der Waals surface area contributed by atoms with E-state index < -0.39 is 0 Å². The normalized spacial score (nSPS) is 4.50. The third-order valence-corrected chi connectivity index (χ3v) is 0. The van der Waals surface area contributed by atoms with Crippen LogP contribution < -0.4 is 18.9 Å². The first kappa shape index (κ1) is 8.96. The van der Waals surface area contributed by atoms with Crippen molar-refractivity contribution in [3.05, 3.63) is 0 Å². The summed E-state index contributed by atoms with van der Waals surface area (Å²) in [6.45, 7) is 0. The molecule has 4 heavy (non-hydrogen) atoms. The number of rotatable bonds is 0. The molecule has 0 bridgehead atoms. The van der Waals surface area contributed by atoms with Crippen LogP contribution >= 0.6 is 10.7 Å². The van der Waals surface area contributed by atoms with Gasteiger partial charge in [-0.2, -0.15) is 0 Å². The van der Waals surface area contributed by atoms with E-state index in [0.717, 1.165) is 0 Å². The third-order valence-electron chi connectivity index (χ3n) is 0. The van der Waals surface area contributed by atoms with Crippen LogP contribution in [0.1, 0.15) is 0 Å². The van der Waals surface area contributed by atoms with Gasteiger partial charge >= 0.3 is 18.9 Å². The zero-order valence-corrected chi connectivity index (χ0v) is 3.88. The van der Waals surface area contributed by atoms with Crippen LogP contribution in [-0.2, 0) is 11.3 Å². The average molecular weight is 91.5 g/mol. The predicted octanol–water partition coefficient (Wildman–Crippen LogP) is -2.91. The first-order valence-corrected chi connectivity index (χ1v) is 2.07. The van der Waals surface area contributed by atoms with Crippen molar-refractivity contribution in [2.75, 3.05) is 0 Å². The molecule has 4 heteroatoms. The molecule has 0 saturated heterocycles. The number of thiol groups is 1. The van der Waals surface area contributed by atoms with E-state index in [1.165, 1.54) is 0 Å². The Labute approximate surface area is 45.6 Å². The van der Waals surface area contributed by atoms with E-state index in [0.29, 0.717) is 0 Å². The molecule has 0 amide bonds. The van der Waals surface area contributed by atoms with Crippen molar-refractivity contribution in [1.29, 1.82) is 0 Å². The summed E-state index contributed by atoms with van der Waals surface area (Å²) in [5.41, 5.74) is 0. The maximum absolute atomic E-state index is 8.67. The van der Waals surface area contributed by atoms with Gasteiger partial charge in [-0.15, -0.1) is 0 Å². The van der Waals surface area contributed by atoms with Crippen LogP contribution in [-0.4, -0.2) is 4.55 Å². The van der Waals surface area contributed by atoms with Crippen molar-refractivity contribution in [3.63, 3.8) is 0 Å². The predicted molar refractivity (Wildman–Crippen MR) is 15.4 cm³/mol. The summed E-state index contributed by atoms with van der Waals surface area (Å²) in [6.07, 6.45) is 0. The van der Waals surface area contributed by atoms with Crippen LogP contribution in [0.5, 0.6) is 0 Å². The molecule has 0 spiro atoms. The second-order valence-corrected chi connectivity index (χ2v) is 0.621. The number of hydrogen-bond acceptors (Lipinski definition) is 1. The molecule has 20 valence electrons. The van der Waals surface area contributed by atoms with Crippen LogP contribution in [0.2, 0.25) is 0 Å². The molecule has 0 aromatic heterocycles. The van der Waals surface area contributed by atoms with Crippen molar-refractivity contribution in [3.8, 4) is 0 Å². The van der Waals surface area contributed by atoms with Gasteiger partial charge in [0.05, 0.1) is 0 Å². The fraction of sp³-hybridized carbons (Fsp3) is 0. The Bertz CT molecular complexity index is 8.00. The van der Waals surface area contributed by atoms with Gasteiger partial charge in [0.2, 0.25) is 0 Å². The van der Waals surface area contributed by atoms with Gasteiger partial charge in [-0.25, -0.2) is 0 Å². The molecular weight excluding hydrogens is 90.5 g/mol. The van der Waals surface area contributed by atoms with Gasteiger partial charge in [-0.05, 0) is 0 Å². The third kappa shape index (κ3) is 10.8. The molecule has 0 radical (unpaired) electrons. The minimum absolute atomic E-state index is 0. The van der Waals surface area contributed by atoms with Crippen molar-refractivity contribution in [2.24, 2.45) is 0 Å². The molecule has 0 aliphatic rings. The maximum Gasteiger partial charge on any atom is 1.00 e. The Balaban J connectivity index is 0. The molecule has 0 fully saturated rings.